The van der Waals surface area contributed by atoms with Crippen molar-refractivity contribution in [3.63, 3.8) is 0 Å². The van der Waals surface area contributed by atoms with Gasteiger partial charge in [-0.2, -0.15) is 0 Å². The maximum atomic E-state index is 12.7. The van der Waals surface area contributed by atoms with E-state index in [2.05, 4.69) is 6.07 Å². The first kappa shape index (κ1) is 16.8. The molecule has 1 unspecified atom stereocenters. The van der Waals surface area contributed by atoms with Crippen LogP contribution in [-0.2, 0) is 22.4 Å². The van der Waals surface area contributed by atoms with Gasteiger partial charge in [-0.1, -0.05) is 12.1 Å². The highest BCUT2D eigenvalue weighted by molar-refractivity contribution is 5.79. The SMILES string of the molecule is O=C(O)CCC1CCCCN1C(=O)Cc1ccc2c(c1)CCCO2. The van der Waals surface area contributed by atoms with E-state index in [4.69, 9.17) is 9.84 Å². The van der Waals surface area contributed by atoms with Gasteiger partial charge in [-0.25, -0.2) is 0 Å². The molecule has 2 aliphatic heterocycles. The summed E-state index contributed by atoms with van der Waals surface area (Å²) in [4.78, 5) is 25.5. The van der Waals surface area contributed by atoms with Crippen LogP contribution < -0.4 is 4.74 Å². The molecule has 1 fully saturated rings. The molecule has 1 atom stereocenters. The van der Waals surface area contributed by atoms with Crippen molar-refractivity contribution < 1.29 is 19.4 Å². The minimum Gasteiger partial charge on any atom is -0.493 e. The van der Waals surface area contributed by atoms with Crippen LogP contribution in [0.2, 0.25) is 0 Å². The van der Waals surface area contributed by atoms with E-state index in [1.54, 1.807) is 0 Å². The van der Waals surface area contributed by atoms with Crippen LogP contribution in [0.15, 0.2) is 18.2 Å². The minimum atomic E-state index is -0.789. The Morgan fingerprint density at radius 1 is 1.25 bits per heavy atom. The Hall–Kier alpha value is -2.04. The summed E-state index contributed by atoms with van der Waals surface area (Å²) < 4.78 is 5.62. The Bertz CT molecular complexity index is 613. The smallest absolute Gasteiger partial charge is 0.303 e. The summed E-state index contributed by atoms with van der Waals surface area (Å²) in [6, 6.07) is 6.10. The average Bonchev–Trinajstić information content (AvgIpc) is 2.60. The van der Waals surface area contributed by atoms with Crippen molar-refractivity contribution in [3.8, 4) is 5.75 Å². The van der Waals surface area contributed by atoms with Gasteiger partial charge in [-0.15, -0.1) is 0 Å². The number of hydrogen-bond donors (Lipinski definition) is 1. The Balaban J connectivity index is 1.65. The van der Waals surface area contributed by atoms with Crippen LogP contribution in [0.25, 0.3) is 0 Å². The van der Waals surface area contributed by atoms with Crippen LogP contribution in [0.1, 0.15) is 49.7 Å². The quantitative estimate of drug-likeness (QED) is 0.901. The van der Waals surface area contributed by atoms with Crippen LogP contribution in [0.3, 0.4) is 0 Å². The van der Waals surface area contributed by atoms with Crippen LogP contribution >= 0.6 is 0 Å². The molecular formula is C19H25NO4. The van der Waals surface area contributed by atoms with E-state index < -0.39 is 5.97 Å². The fourth-order valence-corrected chi connectivity index (χ4v) is 3.72. The number of aryl methyl sites for hydroxylation is 1. The molecule has 1 saturated heterocycles. The van der Waals surface area contributed by atoms with Gasteiger partial charge in [0.2, 0.25) is 5.91 Å². The van der Waals surface area contributed by atoms with Gasteiger partial charge in [-0.05, 0) is 55.7 Å². The second kappa shape index (κ2) is 7.69. The van der Waals surface area contributed by atoms with Crippen molar-refractivity contribution in [2.24, 2.45) is 0 Å². The van der Waals surface area contributed by atoms with Crippen molar-refractivity contribution >= 4 is 11.9 Å². The average molecular weight is 331 g/mol. The molecule has 1 amide bonds. The van der Waals surface area contributed by atoms with E-state index in [9.17, 15) is 9.59 Å². The standard InChI is InChI=1S/C19H25NO4/c21-18(20-10-2-1-5-16(20)7-9-19(22)23)13-14-6-8-17-15(12-14)4-3-11-24-17/h6,8,12,16H,1-5,7,9-11,13H2,(H,22,23). The monoisotopic (exact) mass is 331 g/mol. The van der Waals surface area contributed by atoms with Crippen molar-refractivity contribution in [1.29, 1.82) is 0 Å². The maximum Gasteiger partial charge on any atom is 0.303 e. The van der Waals surface area contributed by atoms with Gasteiger partial charge >= 0.3 is 5.97 Å². The van der Waals surface area contributed by atoms with Gasteiger partial charge in [0.05, 0.1) is 13.0 Å². The van der Waals surface area contributed by atoms with E-state index in [1.807, 2.05) is 17.0 Å². The number of rotatable bonds is 5. The summed E-state index contributed by atoms with van der Waals surface area (Å²) in [7, 11) is 0. The first-order valence-electron chi connectivity index (χ1n) is 8.89. The first-order chi connectivity index (χ1) is 11.6. The van der Waals surface area contributed by atoms with E-state index in [-0.39, 0.29) is 18.4 Å². The van der Waals surface area contributed by atoms with Gasteiger partial charge in [0, 0.05) is 19.0 Å². The van der Waals surface area contributed by atoms with Gasteiger partial charge in [0.25, 0.3) is 0 Å². The van der Waals surface area contributed by atoms with Crippen LogP contribution in [0, 0.1) is 0 Å². The third kappa shape index (κ3) is 4.08. The summed E-state index contributed by atoms with van der Waals surface area (Å²) in [5.41, 5.74) is 2.21. The molecule has 130 valence electrons. The molecule has 2 aliphatic rings. The maximum absolute atomic E-state index is 12.7. The highest BCUT2D eigenvalue weighted by Crippen LogP contribution is 2.27. The number of ether oxygens (including phenoxy) is 1. The number of carbonyl (C=O) groups is 2. The molecule has 5 nitrogen and oxygen atoms in total. The van der Waals surface area contributed by atoms with Gasteiger partial charge in [0.1, 0.15) is 5.75 Å². The zero-order valence-electron chi connectivity index (χ0n) is 14.0. The van der Waals surface area contributed by atoms with Crippen LogP contribution in [0.5, 0.6) is 5.75 Å². The van der Waals surface area contributed by atoms with E-state index in [0.29, 0.717) is 12.8 Å². The number of nitrogens with zero attached hydrogens (tertiary/aromatic N) is 1. The minimum absolute atomic E-state index is 0.0725. The molecule has 2 heterocycles. The fraction of sp³-hybridized carbons (Fsp3) is 0.579. The number of likely N-dealkylation sites (tertiary alicyclic amines) is 1. The Morgan fingerprint density at radius 2 is 2.12 bits per heavy atom. The molecule has 3 rings (SSSR count). The largest absolute Gasteiger partial charge is 0.493 e. The van der Waals surface area contributed by atoms with Gasteiger partial charge in [-0.3, -0.25) is 9.59 Å². The zero-order chi connectivity index (χ0) is 16.9. The third-order valence-electron chi connectivity index (χ3n) is 4.97. The Labute approximate surface area is 142 Å². The number of aliphatic carboxylic acids is 1. The number of hydrogen-bond acceptors (Lipinski definition) is 3. The molecule has 1 aromatic carbocycles. The molecule has 1 N–H and O–H groups in total. The highest BCUT2D eigenvalue weighted by Gasteiger charge is 2.27. The molecule has 24 heavy (non-hydrogen) atoms. The van der Waals surface area contributed by atoms with Crippen molar-refractivity contribution in [1.82, 2.24) is 4.90 Å². The normalized spacial score (nSPS) is 20.2. The van der Waals surface area contributed by atoms with E-state index in [0.717, 1.165) is 56.6 Å². The number of carbonyl (C=O) groups excluding carboxylic acids is 1. The lowest BCUT2D eigenvalue weighted by Crippen LogP contribution is -2.44. The van der Waals surface area contributed by atoms with E-state index >= 15 is 0 Å². The third-order valence-corrected chi connectivity index (χ3v) is 4.97. The van der Waals surface area contributed by atoms with Crippen LogP contribution in [-0.4, -0.2) is 41.1 Å². The van der Waals surface area contributed by atoms with Crippen molar-refractivity contribution in [2.75, 3.05) is 13.2 Å². The summed E-state index contributed by atoms with van der Waals surface area (Å²) >= 11 is 0. The Morgan fingerprint density at radius 3 is 2.96 bits per heavy atom. The summed E-state index contributed by atoms with van der Waals surface area (Å²) in [5, 5.41) is 8.90. The summed E-state index contributed by atoms with van der Waals surface area (Å²) in [5.74, 6) is 0.263. The second-order valence-electron chi connectivity index (χ2n) is 6.74. The number of benzene rings is 1. The molecule has 1 aromatic rings. The number of piperidine rings is 1. The molecule has 0 spiro atoms. The second-order valence-corrected chi connectivity index (χ2v) is 6.74. The lowest BCUT2D eigenvalue weighted by molar-refractivity contribution is -0.139. The molecule has 0 radical (unpaired) electrons. The highest BCUT2D eigenvalue weighted by atomic mass is 16.5. The predicted molar refractivity (Wildman–Crippen MR) is 90.2 cm³/mol. The topological polar surface area (TPSA) is 66.8 Å². The van der Waals surface area contributed by atoms with E-state index in [1.165, 1.54) is 5.56 Å². The molecule has 0 bridgehead atoms. The summed E-state index contributed by atoms with van der Waals surface area (Å²) in [6.07, 6.45) is 6.09. The van der Waals surface area contributed by atoms with Gasteiger partial charge in [0.15, 0.2) is 0 Å². The van der Waals surface area contributed by atoms with Gasteiger partial charge < -0.3 is 14.7 Å². The number of fused-ring (bicyclic) bond motifs is 1. The number of amides is 1. The summed E-state index contributed by atoms with van der Waals surface area (Å²) in [6.45, 7) is 1.52. The van der Waals surface area contributed by atoms with Crippen molar-refractivity contribution in [3.05, 3.63) is 29.3 Å². The molecule has 0 aliphatic carbocycles. The molecular weight excluding hydrogens is 306 g/mol. The predicted octanol–water partition coefficient (Wildman–Crippen LogP) is 2.80. The first-order valence-corrected chi connectivity index (χ1v) is 8.89. The lowest BCUT2D eigenvalue weighted by atomic mass is 9.96. The number of carboxylic acids is 1. The molecule has 0 saturated carbocycles. The molecule has 0 aromatic heterocycles. The van der Waals surface area contributed by atoms with Crippen molar-refractivity contribution in [2.45, 2.75) is 57.4 Å². The number of carboxylic acid groups (broad SMARTS) is 1. The molecule has 5 heteroatoms. The zero-order valence-corrected chi connectivity index (χ0v) is 14.0. The lowest BCUT2D eigenvalue weighted by Gasteiger charge is -2.36. The Kier molecular flexibility index (Phi) is 5.38. The van der Waals surface area contributed by atoms with Crippen LogP contribution in [0.4, 0.5) is 0 Å². The fourth-order valence-electron chi connectivity index (χ4n) is 3.72.